The van der Waals surface area contributed by atoms with Gasteiger partial charge in [0.15, 0.2) is 17.5 Å². The Kier molecular flexibility index (Phi) is 7.18. The zero-order valence-electron chi connectivity index (χ0n) is 25.1. The quantitative estimate of drug-likeness (QED) is 0.194. The maximum Gasteiger partial charge on any atom is 0.164 e. The topological polar surface area (TPSA) is 38.7 Å². The van der Waals surface area contributed by atoms with Gasteiger partial charge in [-0.1, -0.05) is 146 Å². The van der Waals surface area contributed by atoms with E-state index in [1.54, 1.807) is 0 Å². The van der Waals surface area contributed by atoms with E-state index in [0.717, 1.165) is 38.9 Å². The van der Waals surface area contributed by atoms with Crippen LogP contribution in [-0.4, -0.2) is 15.0 Å². The van der Waals surface area contributed by atoms with Crippen molar-refractivity contribution in [1.29, 1.82) is 0 Å². The lowest BCUT2D eigenvalue weighted by Gasteiger charge is -2.13. The lowest BCUT2D eigenvalue weighted by molar-refractivity contribution is 1.07. The number of fused-ring (bicyclic) bond motifs is 1. The fourth-order valence-corrected chi connectivity index (χ4v) is 5.89. The van der Waals surface area contributed by atoms with Crippen molar-refractivity contribution in [2.45, 2.75) is 0 Å². The summed E-state index contributed by atoms with van der Waals surface area (Å²) in [5.41, 5.74) is 9.76. The van der Waals surface area contributed by atoms with Crippen molar-refractivity contribution in [1.82, 2.24) is 15.0 Å². The molecule has 0 aliphatic rings. The molecule has 0 aliphatic carbocycles. The Morgan fingerprint density at radius 3 is 1.00 bits per heavy atom. The van der Waals surface area contributed by atoms with Crippen molar-refractivity contribution in [3.63, 3.8) is 0 Å². The van der Waals surface area contributed by atoms with Crippen molar-refractivity contribution in [2.75, 3.05) is 0 Å². The summed E-state index contributed by atoms with van der Waals surface area (Å²) in [5.74, 6) is 1.94. The van der Waals surface area contributed by atoms with Gasteiger partial charge in [0.05, 0.1) is 0 Å². The van der Waals surface area contributed by atoms with Gasteiger partial charge in [0, 0.05) is 16.7 Å². The molecule has 0 bridgehead atoms. The maximum absolute atomic E-state index is 5.04. The van der Waals surface area contributed by atoms with E-state index in [0.29, 0.717) is 17.5 Å². The molecule has 0 spiro atoms. The molecular weight excluding hydrogens is 558 g/mol. The van der Waals surface area contributed by atoms with E-state index in [9.17, 15) is 0 Å². The first-order valence-corrected chi connectivity index (χ1v) is 15.4. The highest BCUT2D eigenvalue weighted by molar-refractivity contribution is 5.92. The molecule has 0 amide bonds. The van der Waals surface area contributed by atoms with Crippen LogP contribution in [0.4, 0.5) is 0 Å². The largest absolute Gasteiger partial charge is 0.208 e. The Labute approximate surface area is 268 Å². The van der Waals surface area contributed by atoms with E-state index in [1.165, 1.54) is 21.9 Å². The third-order valence-corrected chi connectivity index (χ3v) is 8.28. The number of benzene rings is 7. The minimum absolute atomic E-state index is 0.639. The second-order valence-electron chi connectivity index (χ2n) is 11.3. The molecule has 216 valence electrons. The Morgan fingerprint density at radius 1 is 0.217 bits per heavy atom. The molecule has 0 fully saturated rings. The van der Waals surface area contributed by atoms with Crippen LogP contribution in [0.1, 0.15) is 0 Å². The molecule has 1 heterocycles. The molecular formula is C43H29N3. The highest BCUT2D eigenvalue weighted by Crippen LogP contribution is 2.35. The third kappa shape index (κ3) is 5.58. The van der Waals surface area contributed by atoms with E-state index in [4.69, 9.17) is 15.0 Å². The summed E-state index contributed by atoms with van der Waals surface area (Å²) in [6.07, 6.45) is 0. The SMILES string of the molecule is c1ccc(-c2cc(-c3ccc4cc(-c5ccccc5)ccc4c3)cc(-c3nc(-c4ccccc4)nc(-c4ccccc4)n3)c2)cc1. The molecule has 0 atom stereocenters. The Bertz CT molecular complexity index is 2220. The van der Waals surface area contributed by atoms with Crippen molar-refractivity contribution >= 4 is 10.8 Å². The van der Waals surface area contributed by atoms with Crippen LogP contribution in [-0.2, 0) is 0 Å². The lowest BCUT2D eigenvalue weighted by atomic mass is 9.94. The van der Waals surface area contributed by atoms with Crippen LogP contribution in [0.5, 0.6) is 0 Å². The lowest BCUT2D eigenvalue weighted by Crippen LogP contribution is -2.00. The summed E-state index contributed by atoms with van der Waals surface area (Å²) in [5, 5.41) is 2.41. The minimum Gasteiger partial charge on any atom is -0.208 e. The van der Waals surface area contributed by atoms with Crippen molar-refractivity contribution in [3.8, 4) is 67.5 Å². The summed E-state index contributed by atoms with van der Waals surface area (Å²) in [6, 6.07) is 61.3. The Balaban J connectivity index is 1.29. The summed E-state index contributed by atoms with van der Waals surface area (Å²) < 4.78 is 0. The number of hydrogen-bond acceptors (Lipinski definition) is 3. The third-order valence-electron chi connectivity index (χ3n) is 8.28. The van der Waals surface area contributed by atoms with Gasteiger partial charge in [-0.25, -0.2) is 15.0 Å². The fourth-order valence-electron chi connectivity index (χ4n) is 5.89. The highest BCUT2D eigenvalue weighted by Gasteiger charge is 2.15. The van der Waals surface area contributed by atoms with Gasteiger partial charge < -0.3 is 0 Å². The van der Waals surface area contributed by atoms with Gasteiger partial charge in [-0.2, -0.15) is 0 Å². The molecule has 3 heteroatoms. The first kappa shape index (κ1) is 27.4. The van der Waals surface area contributed by atoms with E-state index in [2.05, 4.69) is 109 Å². The number of hydrogen-bond donors (Lipinski definition) is 0. The van der Waals surface area contributed by atoms with E-state index in [-0.39, 0.29) is 0 Å². The zero-order chi connectivity index (χ0) is 30.7. The van der Waals surface area contributed by atoms with Crippen LogP contribution in [0.3, 0.4) is 0 Å². The predicted molar refractivity (Wildman–Crippen MR) is 190 cm³/mol. The van der Waals surface area contributed by atoms with Gasteiger partial charge in [-0.05, 0) is 74.5 Å². The average molecular weight is 588 g/mol. The Hall–Kier alpha value is -6.19. The first-order valence-electron chi connectivity index (χ1n) is 15.4. The van der Waals surface area contributed by atoms with E-state index in [1.807, 2.05) is 66.7 Å². The zero-order valence-corrected chi connectivity index (χ0v) is 25.1. The average Bonchev–Trinajstić information content (AvgIpc) is 3.15. The molecule has 0 aliphatic heterocycles. The smallest absolute Gasteiger partial charge is 0.164 e. The van der Waals surface area contributed by atoms with Gasteiger partial charge in [0.1, 0.15) is 0 Å². The summed E-state index contributed by atoms with van der Waals surface area (Å²) in [7, 11) is 0. The molecule has 3 nitrogen and oxygen atoms in total. The Morgan fingerprint density at radius 2 is 0.543 bits per heavy atom. The summed E-state index contributed by atoms with van der Waals surface area (Å²) >= 11 is 0. The minimum atomic E-state index is 0.639. The number of aromatic nitrogens is 3. The van der Waals surface area contributed by atoms with E-state index >= 15 is 0 Å². The molecule has 0 N–H and O–H groups in total. The maximum atomic E-state index is 5.04. The molecule has 8 rings (SSSR count). The molecule has 1 aromatic heterocycles. The highest BCUT2D eigenvalue weighted by atomic mass is 15.0. The van der Waals surface area contributed by atoms with Gasteiger partial charge in [-0.15, -0.1) is 0 Å². The van der Waals surface area contributed by atoms with E-state index < -0.39 is 0 Å². The first-order chi connectivity index (χ1) is 22.8. The molecule has 7 aromatic carbocycles. The molecule has 0 radical (unpaired) electrons. The van der Waals surface area contributed by atoms with Crippen molar-refractivity contribution < 1.29 is 0 Å². The second-order valence-corrected chi connectivity index (χ2v) is 11.3. The summed E-state index contributed by atoms with van der Waals surface area (Å²) in [6.45, 7) is 0. The molecule has 46 heavy (non-hydrogen) atoms. The molecule has 0 saturated carbocycles. The van der Waals surface area contributed by atoms with Crippen molar-refractivity contribution in [2.24, 2.45) is 0 Å². The standard InChI is InChI=1S/C43H29N3/c1-5-13-30(14-6-1)34-21-22-36-26-37(24-23-35(36)25-34)39-27-38(31-15-7-2-8-16-31)28-40(29-39)43-45-41(32-17-9-3-10-18-32)44-42(46-43)33-19-11-4-12-20-33/h1-29H. The van der Waals surface area contributed by atoms with Gasteiger partial charge in [-0.3, -0.25) is 0 Å². The van der Waals surface area contributed by atoms with Gasteiger partial charge >= 0.3 is 0 Å². The van der Waals surface area contributed by atoms with Crippen LogP contribution in [0.25, 0.3) is 78.3 Å². The number of nitrogens with zero attached hydrogens (tertiary/aromatic N) is 3. The second kappa shape index (κ2) is 12.1. The van der Waals surface area contributed by atoms with Crippen molar-refractivity contribution in [3.05, 3.63) is 176 Å². The van der Waals surface area contributed by atoms with Crippen LogP contribution >= 0.6 is 0 Å². The van der Waals surface area contributed by atoms with Crippen LogP contribution < -0.4 is 0 Å². The monoisotopic (exact) mass is 587 g/mol. The predicted octanol–water partition coefficient (Wildman–Crippen LogP) is 11.0. The molecule has 0 unspecified atom stereocenters. The van der Waals surface area contributed by atoms with Crippen LogP contribution in [0.15, 0.2) is 176 Å². The van der Waals surface area contributed by atoms with Gasteiger partial charge in [0.25, 0.3) is 0 Å². The van der Waals surface area contributed by atoms with Crippen LogP contribution in [0, 0.1) is 0 Å². The normalized spacial score (nSPS) is 11.0. The number of rotatable bonds is 6. The molecule has 0 saturated heterocycles. The fraction of sp³-hybridized carbons (Fsp3) is 0. The van der Waals surface area contributed by atoms with Crippen LogP contribution in [0.2, 0.25) is 0 Å². The summed E-state index contributed by atoms with van der Waals surface area (Å²) in [4.78, 5) is 15.0. The molecule has 8 aromatic rings. The van der Waals surface area contributed by atoms with Gasteiger partial charge in [0.2, 0.25) is 0 Å².